The van der Waals surface area contributed by atoms with Crippen LogP contribution in [0.5, 0.6) is 5.75 Å². The van der Waals surface area contributed by atoms with Crippen LogP contribution in [0, 0.1) is 5.82 Å². The zero-order valence-corrected chi connectivity index (χ0v) is 12.0. The van der Waals surface area contributed by atoms with E-state index in [9.17, 15) is 27.9 Å². The largest absolute Gasteiger partial charge is 0.507 e. The Morgan fingerprint density at radius 3 is 2.41 bits per heavy atom. The molecule has 1 rings (SSSR count). The van der Waals surface area contributed by atoms with Gasteiger partial charge in [0.1, 0.15) is 23.2 Å². The van der Waals surface area contributed by atoms with E-state index in [1.54, 1.807) is 0 Å². The molecule has 0 amide bonds. The second-order valence-corrected chi connectivity index (χ2v) is 3.98. The molecule has 0 spiro atoms. The van der Waals surface area contributed by atoms with Crippen LogP contribution in [0.15, 0.2) is 12.1 Å². The van der Waals surface area contributed by atoms with Crippen molar-refractivity contribution in [2.45, 2.75) is 18.9 Å². The quantitative estimate of drug-likeness (QED) is 0.704. The van der Waals surface area contributed by atoms with E-state index in [0.717, 1.165) is 0 Å². The maximum absolute atomic E-state index is 13.8. The van der Waals surface area contributed by atoms with Crippen LogP contribution in [0.2, 0.25) is 0 Å². The van der Waals surface area contributed by atoms with Crippen LogP contribution in [0.4, 0.5) is 13.2 Å². The van der Waals surface area contributed by atoms with Gasteiger partial charge in [0, 0.05) is 0 Å². The molecule has 0 saturated carbocycles. The number of aromatic hydroxyl groups is 1. The van der Waals surface area contributed by atoms with Crippen molar-refractivity contribution in [3.8, 4) is 5.75 Å². The van der Waals surface area contributed by atoms with Crippen molar-refractivity contribution in [3.63, 3.8) is 0 Å². The molecule has 1 aromatic rings. The van der Waals surface area contributed by atoms with Gasteiger partial charge in [-0.05, 0) is 19.1 Å². The maximum Gasteiger partial charge on any atom is 0.379 e. The summed E-state index contributed by atoms with van der Waals surface area (Å²) in [7, 11) is 0. The number of hydrogen-bond donors (Lipinski definition) is 3. The van der Waals surface area contributed by atoms with Gasteiger partial charge in [-0.15, -0.1) is 12.4 Å². The third-order valence-electron chi connectivity index (χ3n) is 2.64. The Hall–Kier alpha value is -2.00. The first-order valence-electron chi connectivity index (χ1n) is 5.69. The first-order chi connectivity index (χ1) is 9.64. The van der Waals surface area contributed by atoms with Crippen LogP contribution in [-0.4, -0.2) is 34.7 Å². The number of halogens is 4. The third-order valence-corrected chi connectivity index (χ3v) is 2.64. The standard InChI is InChI=1S/C12H12F3NO5.ClH/c1-2-21-11(20)12(14,15)9(16)7-6(13)4-3-5(8(7)17)10(18)19;/h3-4,9,17H,2,16H2,1H3,(H,18,19);1H/t9-;/m0./s1. The third kappa shape index (κ3) is 3.60. The number of benzene rings is 1. The van der Waals surface area contributed by atoms with Gasteiger partial charge in [0.2, 0.25) is 0 Å². The van der Waals surface area contributed by atoms with Crippen molar-refractivity contribution >= 4 is 24.3 Å². The fraction of sp³-hybridized carbons (Fsp3) is 0.333. The van der Waals surface area contributed by atoms with Gasteiger partial charge in [0.15, 0.2) is 0 Å². The normalized spacial score (nSPS) is 12.2. The van der Waals surface area contributed by atoms with E-state index in [-0.39, 0.29) is 19.0 Å². The molecular formula is C12H13ClF3NO5. The minimum Gasteiger partial charge on any atom is -0.507 e. The van der Waals surface area contributed by atoms with Crippen molar-refractivity contribution < 1.29 is 37.7 Å². The monoisotopic (exact) mass is 343 g/mol. The lowest BCUT2D eigenvalue weighted by molar-refractivity contribution is -0.175. The van der Waals surface area contributed by atoms with Gasteiger partial charge in [0.25, 0.3) is 0 Å². The highest BCUT2D eigenvalue weighted by atomic mass is 35.5. The topological polar surface area (TPSA) is 110 Å². The van der Waals surface area contributed by atoms with Crippen LogP contribution < -0.4 is 5.73 Å². The summed E-state index contributed by atoms with van der Waals surface area (Å²) in [5.74, 6) is -10.6. The maximum atomic E-state index is 13.8. The number of carbonyl (C=O) groups excluding carboxylic acids is 1. The van der Waals surface area contributed by atoms with Gasteiger partial charge in [-0.1, -0.05) is 0 Å². The zero-order valence-electron chi connectivity index (χ0n) is 11.2. The average Bonchev–Trinajstić information content (AvgIpc) is 2.38. The van der Waals surface area contributed by atoms with Gasteiger partial charge >= 0.3 is 17.9 Å². The molecule has 0 aliphatic carbocycles. The molecule has 1 aromatic carbocycles. The molecular weight excluding hydrogens is 331 g/mol. The summed E-state index contributed by atoms with van der Waals surface area (Å²) < 4.78 is 45.2. The van der Waals surface area contributed by atoms with Gasteiger partial charge in [-0.3, -0.25) is 0 Å². The van der Waals surface area contributed by atoms with E-state index in [2.05, 4.69) is 4.74 Å². The molecule has 4 N–H and O–H groups in total. The summed E-state index contributed by atoms with van der Waals surface area (Å²) >= 11 is 0. The molecule has 1 atom stereocenters. The molecule has 0 saturated heterocycles. The Bertz CT molecular complexity index is 582. The average molecular weight is 344 g/mol. The number of carbonyl (C=O) groups is 2. The Labute approximate surface area is 129 Å². The molecule has 0 heterocycles. The lowest BCUT2D eigenvalue weighted by Gasteiger charge is -2.23. The molecule has 0 aliphatic heterocycles. The molecule has 0 aromatic heterocycles. The molecule has 0 radical (unpaired) electrons. The Balaban J connectivity index is 0.00000441. The van der Waals surface area contributed by atoms with Crippen molar-refractivity contribution in [1.82, 2.24) is 0 Å². The van der Waals surface area contributed by atoms with E-state index in [4.69, 9.17) is 10.8 Å². The first-order valence-corrected chi connectivity index (χ1v) is 5.69. The van der Waals surface area contributed by atoms with Crippen LogP contribution in [-0.2, 0) is 9.53 Å². The number of carboxylic acid groups (broad SMARTS) is 1. The summed E-state index contributed by atoms with van der Waals surface area (Å²) in [5.41, 5.74) is 3.14. The van der Waals surface area contributed by atoms with E-state index >= 15 is 0 Å². The van der Waals surface area contributed by atoms with Crippen molar-refractivity contribution in [2.24, 2.45) is 5.73 Å². The fourth-order valence-electron chi connectivity index (χ4n) is 1.59. The summed E-state index contributed by atoms with van der Waals surface area (Å²) in [6, 6.07) is -1.36. The fourth-order valence-corrected chi connectivity index (χ4v) is 1.59. The summed E-state index contributed by atoms with van der Waals surface area (Å²) in [6.07, 6.45) is 0. The second-order valence-electron chi connectivity index (χ2n) is 3.98. The number of aromatic carboxylic acids is 1. The molecule has 0 unspecified atom stereocenters. The molecule has 10 heteroatoms. The summed E-state index contributed by atoms with van der Waals surface area (Å²) in [6.45, 7) is 0.924. The molecule has 124 valence electrons. The van der Waals surface area contributed by atoms with Gasteiger partial charge in [0.05, 0.1) is 12.2 Å². The van der Waals surface area contributed by atoms with Crippen LogP contribution >= 0.6 is 12.4 Å². The van der Waals surface area contributed by atoms with Crippen LogP contribution in [0.25, 0.3) is 0 Å². The molecule has 0 bridgehead atoms. The lowest BCUT2D eigenvalue weighted by atomic mass is 9.97. The Kier molecular flexibility index (Phi) is 6.65. The highest BCUT2D eigenvalue weighted by Gasteiger charge is 2.50. The number of hydrogen-bond acceptors (Lipinski definition) is 5. The predicted molar refractivity (Wildman–Crippen MR) is 70.8 cm³/mol. The van der Waals surface area contributed by atoms with Crippen molar-refractivity contribution in [2.75, 3.05) is 6.61 Å². The molecule has 0 aliphatic rings. The van der Waals surface area contributed by atoms with Gasteiger partial charge in [-0.25, -0.2) is 14.0 Å². The zero-order chi connectivity index (χ0) is 16.4. The van der Waals surface area contributed by atoms with E-state index in [1.807, 2.05) is 0 Å². The molecule has 22 heavy (non-hydrogen) atoms. The number of phenols is 1. The highest BCUT2D eigenvalue weighted by molar-refractivity contribution is 5.91. The van der Waals surface area contributed by atoms with E-state index < -0.39 is 46.6 Å². The first kappa shape index (κ1) is 20.0. The smallest absolute Gasteiger partial charge is 0.379 e. The van der Waals surface area contributed by atoms with Gasteiger partial charge < -0.3 is 20.7 Å². The van der Waals surface area contributed by atoms with Crippen molar-refractivity contribution in [1.29, 1.82) is 0 Å². The number of alkyl halides is 2. The summed E-state index contributed by atoms with van der Waals surface area (Å²) in [5, 5.41) is 18.4. The van der Waals surface area contributed by atoms with Crippen LogP contribution in [0.3, 0.4) is 0 Å². The number of rotatable bonds is 5. The number of carboxylic acids is 1. The van der Waals surface area contributed by atoms with E-state index in [0.29, 0.717) is 12.1 Å². The Morgan fingerprint density at radius 1 is 1.41 bits per heavy atom. The second kappa shape index (κ2) is 7.32. The number of ether oxygens (including phenoxy) is 1. The SMILES string of the molecule is CCOC(=O)C(F)(F)[C@@H](N)c1c(F)ccc(C(=O)O)c1O.Cl. The minimum absolute atomic E-state index is 0. The number of esters is 1. The predicted octanol–water partition coefficient (Wildman–Crippen LogP) is 1.85. The van der Waals surface area contributed by atoms with Crippen LogP contribution in [0.1, 0.15) is 28.9 Å². The van der Waals surface area contributed by atoms with Crippen molar-refractivity contribution in [3.05, 3.63) is 29.1 Å². The summed E-state index contributed by atoms with van der Waals surface area (Å²) in [4.78, 5) is 21.9. The van der Waals surface area contributed by atoms with E-state index in [1.165, 1.54) is 6.92 Å². The lowest BCUT2D eigenvalue weighted by Crippen LogP contribution is -2.42. The molecule has 6 nitrogen and oxygen atoms in total. The minimum atomic E-state index is -4.34. The highest BCUT2D eigenvalue weighted by Crippen LogP contribution is 2.38. The number of nitrogens with two attached hydrogens (primary N) is 1. The Morgan fingerprint density at radius 2 is 1.95 bits per heavy atom. The van der Waals surface area contributed by atoms with Gasteiger partial charge in [-0.2, -0.15) is 8.78 Å². The molecule has 0 fully saturated rings.